The minimum absolute atomic E-state index is 0.00316. The van der Waals surface area contributed by atoms with Gasteiger partial charge in [-0.2, -0.15) is 0 Å². The summed E-state index contributed by atoms with van der Waals surface area (Å²) in [7, 11) is 6.77. The average molecular weight is 1720 g/mol. The summed E-state index contributed by atoms with van der Waals surface area (Å²) in [5.41, 5.74) is -0.653. The van der Waals surface area contributed by atoms with Crippen molar-refractivity contribution in [3.63, 3.8) is 0 Å². The molecule has 0 spiro atoms. The lowest BCUT2D eigenvalue weighted by molar-refractivity contribution is -0.149. The zero-order valence-corrected chi connectivity index (χ0v) is 72.4. The molecule has 0 aliphatic carbocycles. The van der Waals surface area contributed by atoms with Crippen LogP contribution in [-0.4, -0.2) is 330 Å². The molecule has 39 nitrogen and oxygen atoms in total. The number of carboxylic acids is 1. The number of amides is 11. The molecule has 1 aromatic carbocycles. The number of nitrogens with zero attached hydrogens (tertiary/aromatic N) is 4. The predicted octanol–water partition coefficient (Wildman–Crippen LogP) is 2.21. The number of phenolic OH excluding ortho intramolecular Hbond substituents is 1. The summed E-state index contributed by atoms with van der Waals surface area (Å²) in [6, 6.07) is 0.888. The summed E-state index contributed by atoms with van der Waals surface area (Å²) in [5, 5.41) is 43.8. The molecule has 0 fully saturated rings. The van der Waals surface area contributed by atoms with E-state index in [1.807, 2.05) is 27.7 Å². The van der Waals surface area contributed by atoms with Crippen molar-refractivity contribution in [3.05, 3.63) is 52.0 Å². The maximum Gasteiger partial charge on any atom is 0.407 e. The number of benzene rings is 1. The van der Waals surface area contributed by atoms with E-state index in [9.17, 15) is 72.5 Å². The van der Waals surface area contributed by atoms with Gasteiger partial charge < -0.3 is 114 Å². The number of aromatic hydroxyl groups is 1. The van der Waals surface area contributed by atoms with Crippen LogP contribution >= 0.6 is 11.3 Å². The minimum Gasteiger partial charge on any atom is -0.506 e. The molecule has 3 rings (SSSR count). The number of rotatable bonds is 68. The van der Waals surface area contributed by atoms with Crippen LogP contribution in [0.2, 0.25) is 0 Å². The zero-order valence-electron chi connectivity index (χ0n) is 71.6. The highest BCUT2D eigenvalue weighted by Gasteiger charge is 2.39. The smallest absolute Gasteiger partial charge is 0.407 e. The first-order valence-electron chi connectivity index (χ1n) is 40.5. The molecule has 678 valence electrons. The highest BCUT2D eigenvalue weighted by atomic mass is 32.1. The van der Waals surface area contributed by atoms with Crippen LogP contribution in [0.15, 0.2) is 35.7 Å². The van der Waals surface area contributed by atoms with Crippen LogP contribution in [0.1, 0.15) is 140 Å². The Labute approximate surface area is 706 Å². The maximum atomic E-state index is 14.2. The number of thiazole rings is 1. The number of hydrogen-bond donors (Lipinski definition) is 10. The zero-order chi connectivity index (χ0) is 88.8. The number of aliphatic carboxylic acids is 1. The number of carbonyl (C=O) groups is 13. The summed E-state index contributed by atoms with van der Waals surface area (Å²) >= 11 is 1.04. The van der Waals surface area contributed by atoms with Gasteiger partial charge in [-0.15, -0.1) is 11.3 Å². The van der Waals surface area contributed by atoms with Crippen molar-refractivity contribution in [1.29, 1.82) is 0 Å². The molecule has 40 heteroatoms. The van der Waals surface area contributed by atoms with Crippen LogP contribution in [0, 0.1) is 17.8 Å². The number of nitrogens with one attached hydrogen (secondary N) is 8. The van der Waals surface area contributed by atoms with Gasteiger partial charge in [-0.05, 0) is 102 Å². The molecule has 2 aromatic rings. The van der Waals surface area contributed by atoms with Crippen LogP contribution in [0.3, 0.4) is 0 Å². The Balaban J connectivity index is 1.38. The van der Waals surface area contributed by atoms with Crippen molar-refractivity contribution >= 4 is 94.1 Å². The summed E-state index contributed by atoms with van der Waals surface area (Å²) < 4.78 is 64.8. The van der Waals surface area contributed by atoms with Crippen molar-refractivity contribution in [2.75, 3.05) is 198 Å². The maximum absolute atomic E-state index is 14.2. The first-order valence-corrected chi connectivity index (χ1v) is 41.4. The largest absolute Gasteiger partial charge is 0.506 e. The number of ether oxygens (including phenoxy) is 12. The molecule has 11 amide bonds. The van der Waals surface area contributed by atoms with E-state index in [0.29, 0.717) is 124 Å². The topological polar surface area (TPSA) is 492 Å². The van der Waals surface area contributed by atoms with Crippen molar-refractivity contribution in [2.24, 2.45) is 17.8 Å². The normalized spacial score (nSPS) is 13.6. The van der Waals surface area contributed by atoms with Crippen LogP contribution in [0.5, 0.6) is 5.75 Å². The first kappa shape index (κ1) is 105. The van der Waals surface area contributed by atoms with Crippen LogP contribution in [0.4, 0.5) is 10.5 Å². The molecule has 1 aliphatic heterocycles. The van der Waals surface area contributed by atoms with E-state index in [1.165, 1.54) is 42.3 Å². The second-order valence-corrected chi connectivity index (χ2v) is 30.4. The van der Waals surface area contributed by atoms with Gasteiger partial charge in [0.15, 0.2) is 12.7 Å². The summed E-state index contributed by atoms with van der Waals surface area (Å²) in [6.45, 7) is 20.2. The molecule has 10 N–H and O–H groups in total. The number of carbonyl (C=O) groups excluding carboxylic acids is 12. The van der Waals surface area contributed by atoms with Crippen molar-refractivity contribution in [3.8, 4) is 5.75 Å². The molecule has 1 aliphatic rings. The summed E-state index contributed by atoms with van der Waals surface area (Å²) in [4.78, 5) is 176. The second kappa shape index (κ2) is 60.5. The fraction of sp³-hybridized carbons (Fsp3) is 0.700. The lowest BCUT2D eigenvalue weighted by atomic mass is 9.93. The monoisotopic (exact) mass is 1720 g/mol. The number of unbranched alkanes of at least 4 members (excludes halogenated alkanes) is 1. The molecular weight excluding hydrogens is 1590 g/mol. The van der Waals surface area contributed by atoms with Gasteiger partial charge in [0.1, 0.15) is 35.1 Å². The third-order valence-electron chi connectivity index (χ3n) is 18.7. The van der Waals surface area contributed by atoms with E-state index < -0.39 is 108 Å². The van der Waals surface area contributed by atoms with Gasteiger partial charge >= 0.3 is 18.0 Å². The lowest BCUT2D eigenvalue weighted by Gasteiger charge is -2.38. The first-order chi connectivity index (χ1) is 57.2. The molecular formula is C80H130N12O27S. The number of aromatic nitrogens is 1. The fourth-order valence-corrected chi connectivity index (χ4v) is 12.2. The Kier molecular flexibility index (Phi) is 53.1. The molecule has 120 heavy (non-hydrogen) atoms. The number of phenols is 1. The fourth-order valence-electron chi connectivity index (χ4n) is 11.3. The van der Waals surface area contributed by atoms with E-state index in [4.69, 9.17) is 56.8 Å². The van der Waals surface area contributed by atoms with Crippen LogP contribution < -0.4 is 42.5 Å². The van der Waals surface area contributed by atoms with Gasteiger partial charge in [0.2, 0.25) is 35.4 Å². The number of hydrogen-bond acceptors (Lipinski definition) is 29. The molecule has 0 saturated heterocycles. The number of imide groups is 1. The Morgan fingerprint density at radius 1 is 0.592 bits per heavy atom. The van der Waals surface area contributed by atoms with E-state index in [2.05, 4.69) is 47.5 Å². The average Bonchev–Trinajstić information content (AvgIpc) is 1.24. The van der Waals surface area contributed by atoms with Crippen molar-refractivity contribution < 1.29 is 129 Å². The van der Waals surface area contributed by atoms with Gasteiger partial charge in [-0.3, -0.25) is 67.3 Å². The van der Waals surface area contributed by atoms with Gasteiger partial charge in [-0.1, -0.05) is 40.7 Å². The number of methoxy groups -OCH3 is 1. The summed E-state index contributed by atoms with van der Waals surface area (Å²) in [5.74, 6) is -8.60. The summed E-state index contributed by atoms with van der Waals surface area (Å²) in [6.07, 6.45) is 1.48. The Hall–Kier alpha value is -8.94. The lowest BCUT2D eigenvalue weighted by Crippen LogP contribution is -2.59. The van der Waals surface area contributed by atoms with E-state index >= 15 is 0 Å². The Morgan fingerprint density at radius 2 is 1.12 bits per heavy atom. The molecule has 1 aromatic heterocycles. The minimum atomic E-state index is -1.14. The number of alkyl carbamates (subject to hydrolysis) is 1. The SMILES string of the molecule is COCCOCCOCCOCCOCCOCCOCCOCCOCCOCC(=O)NCCCC[C@H](NC(=O)CCCN1C(=O)C=CC1=O)C(=O)NCCCC(=O)NCCNC(=O)OCC(=O)Nc1cc(C[C@@H](C[C@H](C)C(=O)O)NC(=O)c2csc([C@@H](C[C@H](C(C)C)N(C)C(=O)[C@@H](NC(=O)C(C)(C)N(C)C)C(C)C)OC(C)=O)n2)ccc1O. The Morgan fingerprint density at radius 3 is 1.66 bits per heavy atom. The van der Waals surface area contributed by atoms with Gasteiger partial charge in [0.05, 0.1) is 136 Å². The second-order valence-electron chi connectivity index (χ2n) is 29.5. The van der Waals surface area contributed by atoms with Crippen LogP contribution in [0.25, 0.3) is 0 Å². The quantitative estimate of drug-likeness (QED) is 0.0196. The highest BCUT2D eigenvalue weighted by Crippen LogP contribution is 2.32. The molecule has 2 heterocycles. The molecule has 0 unspecified atom stereocenters. The van der Waals surface area contributed by atoms with Crippen molar-refractivity contribution in [1.82, 2.24) is 56.9 Å². The third kappa shape index (κ3) is 44.6. The van der Waals surface area contributed by atoms with Crippen molar-refractivity contribution in [2.45, 2.75) is 155 Å². The number of likely N-dealkylation sites (N-methyl/N-ethyl adjacent to an activating group) is 2. The van der Waals surface area contributed by atoms with Gasteiger partial charge in [0, 0.05) is 103 Å². The molecule has 6 atom stereocenters. The van der Waals surface area contributed by atoms with Crippen LogP contribution in [-0.2, 0) is 116 Å². The number of carboxylic acid groups (broad SMARTS) is 1. The number of anilines is 1. The molecule has 0 bridgehead atoms. The number of esters is 1. The third-order valence-corrected chi connectivity index (χ3v) is 19.6. The van der Waals surface area contributed by atoms with Gasteiger partial charge in [-0.25, -0.2) is 9.78 Å². The molecule has 0 saturated carbocycles. The highest BCUT2D eigenvalue weighted by molar-refractivity contribution is 7.09. The van der Waals surface area contributed by atoms with E-state index in [0.717, 1.165) is 28.4 Å². The van der Waals surface area contributed by atoms with E-state index in [-0.39, 0.29) is 156 Å². The standard InChI is InChI=1S/C80H130N12O27S/c1-54(2)63(91(11)76(103)72(55(3)4)89-78(106)80(7,8)90(9)10)50-65(119-57(6)93)75-88-62(53-120-75)74(102)85-59(47-56(5)77(104)105)48-58-20-21-64(94)61(49-58)87-69(98)52-118-79(107)84-27-26-82-66(95)18-15-25-83-73(101)60(86-67(96)19-16-28-92-70(99)22-23-71(92)100)17-13-14-24-81-68(97)51-117-46-45-116-44-43-115-42-41-114-40-39-113-38-37-112-36-35-111-34-33-110-32-31-109-30-29-108-12/h20-23,49,53-56,59-60,63,65,72,94H,13-19,24-48,50-52H2,1-12H3,(H,81,97)(H,82,95)(H,83,101)(H,84,107)(H,85,102)(H,86,96)(H,87,98)(H,89,106)(H,104,105)/t56-,59+,60-,63+,65+,72-/m0/s1. The predicted molar refractivity (Wildman–Crippen MR) is 438 cm³/mol. The van der Waals surface area contributed by atoms with E-state index in [1.54, 1.807) is 47.0 Å². The van der Waals surface area contributed by atoms with Gasteiger partial charge in [0.25, 0.3) is 23.6 Å². The Bertz CT molecular complexity index is 3480. The molecule has 0 radical (unpaired) electrons.